The van der Waals surface area contributed by atoms with Crippen molar-refractivity contribution in [3.05, 3.63) is 59.9 Å². The Hall–Kier alpha value is -3.15. The van der Waals surface area contributed by atoms with Crippen LogP contribution in [0.2, 0.25) is 0 Å². The summed E-state index contributed by atoms with van der Waals surface area (Å²) in [5.74, 6) is 0.751. The van der Waals surface area contributed by atoms with Gasteiger partial charge in [-0.2, -0.15) is 5.10 Å². The van der Waals surface area contributed by atoms with Crippen molar-refractivity contribution in [3.63, 3.8) is 0 Å². The second kappa shape index (κ2) is 6.29. The molecule has 132 valence electrons. The van der Waals surface area contributed by atoms with Gasteiger partial charge in [-0.15, -0.1) is 0 Å². The minimum atomic E-state index is -0.0288. The molecule has 6 heteroatoms. The number of amides is 1. The molecule has 3 heterocycles. The van der Waals surface area contributed by atoms with E-state index in [1.165, 1.54) is 0 Å². The number of nitrogens with zero attached hydrogens (tertiary/aromatic N) is 4. The molecule has 0 fully saturated rings. The molecule has 26 heavy (non-hydrogen) atoms. The summed E-state index contributed by atoms with van der Waals surface area (Å²) < 4.78 is 1.75. The number of nitrogens with one attached hydrogen (secondary N) is 1. The maximum Gasteiger partial charge on any atom is 0.226 e. The smallest absolute Gasteiger partial charge is 0.226 e. The number of pyridine rings is 1. The van der Waals surface area contributed by atoms with E-state index >= 15 is 0 Å². The highest BCUT2D eigenvalue weighted by Crippen LogP contribution is 2.42. The van der Waals surface area contributed by atoms with Crippen molar-refractivity contribution in [1.29, 1.82) is 0 Å². The van der Waals surface area contributed by atoms with Crippen LogP contribution < -0.4 is 10.2 Å². The van der Waals surface area contributed by atoms with Crippen molar-refractivity contribution in [3.8, 4) is 11.3 Å². The predicted octanol–water partition coefficient (Wildman–Crippen LogP) is 3.02. The van der Waals surface area contributed by atoms with Gasteiger partial charge in [0.2, 0.25) is 5.91 Å². The van der Waals surface area contributed by atoms with E-state index in [0.29, 0.717) is 6.42 Å². The molecule has 0 saturated heterocycles. The van der Waals surface area contributed by atoms with E-state index in [1.807, 2.05) is 39.5 Å². The van der Waals surface area contributed by atoms with Gasteiger partial charge in [0, 0.05) is 62.7 Å². The topological polar surface area (TPSA) is 63.1 Å². The summed E-state index contributed by atoms with van der Waals surface area (Å²) in [6.45, 7) is 0. The van der Waals surface area contributed by atoms with E-state index in [1.54, 1.807) is 10.9 Å². The van der Waals surface area contributed by atoms with Crippen LogP contribution in [0.3, 0.4) is 0 Å². The number of hydrogen-bond acceptors (Lipinski definition) is 4. The Kier molecular flexibility index (Phi) is 3.95. The first kappa shape index (κ1) is 16.3. The second-order valence-electron chi connectivity index (χ2n) is 6.77. The van der Waals surface area contributed by atoms with Gasteiger partial charge in [-0.3, -0.25) is 14.5 Å². The Morgan fingerprint density at radius 1 is 1.19 bits per heavy atom. The van der Waals surface area contributed by atoms with Crippen molar-refractivity contribution < 1.29 is 4.79 Å². The average Bonchev–Trinajstić information content (AvgIpc) is 2.98. The zero-order chi connectivity index (χ0) is 18.3. The summed E-state index contributed by atoms with van der Waals surface area (Å²) in [4.78, 5) is 18.6. The fraction of sp³-hybridized carbons (Fsp3) is 0.250. The van der Waals surface area contributed by atoms with E-state index in [9.17, 15) is 4.79 Å². The number of anilines is 2. The number of carbonyl (C=O) groups is 1. The summed E-state index contributed by atoms with van der Waals surface area (Å²) >= 11 is 0. The predicted molar refractivity (Wildman–Crippen MR) is 102 cm³/mol. The van der Waals surface area contributed by atoms with Crippen LogP contribution >= 0.6 is 0 Å². The van der Waals surface area contributed by atoms with Gasteiger partial charge in [0.25, 0.3) is 0 Å². The molecular weight excluding hydrogens is 326 g/mol. The lowest BCUT2D eigenvalue weighted by Crippen LogP contribution is -2.24. The van der Waals surface area contributed by atoms with Crippen LogP contribution in [0.5, 0.6) is 0 Å². The molecule has 0 aliphatic carbocycles. The summed E-state index contributed by atoms with van der Waals surface area (Å²) in [7, 11) is 5.89. The lowest BCUT2D eigenvalue weighted by molar-refractivity contribution is -0.116. The van der Waals surface area contributed by atoms with Crippen LogP contribution in [-0.4, -0.2) is 34.8 Å². The maximum atomic E-state index is 12.3. The van der Waals surface area contributed by atoms with Crippen molar-refractivity contribution >= 4 is 17.4 Å². The number of fused-ring (bicyclic) bond motifs is 1. The summed E-state index contributed by atoms with van der Waals surface area (Å²) in [5.41, 5.74) is 5.13. The maximum absolute atomic E-state index is 12.3. The molecule has 1 amide bonds. The third-order valence-corrected chi connectivity index (χ3v) is 4.83. The van der Waals surface area contributed by atoms with Crippen molar-refractivity contribution in [2.45, 2.75) is 12.3 Å². The highest BCUT2D eigenvalue weighted by molar-refractivity contribution is 5.96. The Balaban J connectivity index is 1.85. The molecule has 0 unspecified atom stereocenters. The zero-order valence-electron chi connectivity index (χ0n) is 15.1. The molecule has 2 aromatic heterocycles. The van der Waals surface area contributed by atoms with Crippen molar-refractivity contribution in [2.24, 2.45) is 7.05 Å². The molecule has 1 aliphatic rings. The van der Waals surface area contributed by atoms with Gasteiger partial charge in [0.15, 0.2) is 0 Å². The van der Waals surface area contributed by atoms with Gasteiger partial charge in [-0.1, -0.05) is 12.1 Å². The molecule has 1 N–H and O–H groups in total. The molecule has 0 radical (unpaired) electrons. The summed E-state index contributed by atoms with van der Waals surface area (Å²) in [6.07, 6.45) is 3.97. The Bertz CT molecular complexity index is 944. The summed E-state index contributed by atoms with van der Waals surface area (Å²) in [6, 6.07) is 12.3. The third-order valence-electron chi connectivity index (χ3n) is 4.83. The van der Waals surface area contributed by atoms with Crippen LogP contribution in [0.1, 0.15) is 23.5 Å². The highest BCUT2D eigenvalue weighted by Gasteiger charge is 2.33. The fourth-order valence-electron chi connectivity index (χ4n) is 3.49. The van der Waals surface area contributed by atoms with Gasteiger partial charge < -0.3 is 10.2 Å². The van der Waals surface area contributed by atoms with Crippen LogP contribution in [0, 0.1) is 0 Å². The first-order valence-corrected chi connectivity index (χ1v) is 8.59. The zero-order valence-corrected chi connectivity index (χ0v) is 15.1. The Morgan fingerprint density at radius 3 is 2.62 bits per heavy atom. The molecule has 1 aliphatic heterocycles. The molecule has 1 aromatic carbocycles. The summed E-state index contributed by atoms with van der Waals surface area (Å²) in [5, 5.41) is 7.65. The number of aromatic nitrogens is 3. The normalized spacial score (nSPS) is 16.1. The van der Waals surface area contributed by atoms with Crippen LogP contribution in [0.25, 0.3) is 11.3 Å². The first-order valence-electron chi connectivity index (χ1n) is 8.59. The first-order chi connectivity index (χ1) is 12.5. The number of hydrogen-bond donors (Lipinski definition) is 1. The van der Waals surface area contributed by atoms with E-state index in [4.69, 9.17) is 0 Å². The van der Waals surface area contributed by atoms with E-state index in [2.05, 4.69) is 44.6 Å². The Morgan fingerprint density at radius 2 is 1.96 bits per heavy atom. The highest BCUT2D eigenvalue weighted by atomic mass is 16.1. The lowest BCUT2D eigenvalue weighted by atomic mass is 9.84. The van der Waals surface area contributed by atoms with E-state index < -0.39 is 0 Å². The average molecular weight is 347 g/mol. The minimum Gasteiger partial charge on any atom is -0.378 e. The number of carbonyl (C=O) groups excluding carboxylic acids is 1. The van der Waals surface area contributed by atoms with Gasteiger partial charge in [0.1, 0.15) is 5.82 Å². The van der Waals surface area contributed by atoms with Gasteiger partial charge >= 0.3 is 0 Å². The van der Waals surface area contributed by atoms with Crippen LogP contribution in [0.15, 0.2) is 48.8 Å². The van der Waals surface area contributed by atoms with Gasteiger partial charge in [-0.05, 0) is 29.8 Å². The number of benzene rings is 1. The van der Waals surface area contributed by atoms with Crippen molar-refractivity contribution in [2.75, 3.05) is 24.3 Å². The molecule has 0 bridgehead atoms. The van der Waals surface area contributed by atoms with E-state index in [0.717, 1.165) is 33.9 Å². The van der Waals surface area contributed by atoms with Crippen LogP contribution in [-0.2, 0) is 11.8 Å². The van der Waals surface area contributed by atoms with Crippen molar-refractivity contribution in [1.82, 2.24) is 14.8 Å². The lowest BCUT2D eigenvalue weighted by Gasteiger charge is -2.25. The molecular formula is C20H21N5O. The third kappa shape index (κ3) is 2.73. The second-order valence-corrected chi connectivity index (χ2v) is 6.77. The molecule has 6 nitrogen and oxygen atoms in total. The van der Waals surface area contributed by atoms with E-state index in [-0.39, 0.29) is 11.8 Å². The minimum absolute atomic E-state index is 0.0138. The van der Waals surface area contributed by atoms with Gasteiger partial charge in [-0.25, -0.2) is 0 Å². The monoisotopic (exact) mass is 347 g/mol. The van der Waals surface area contributed by atoms with Crippen LogP contribution in [0.4, 0.5) is 11.5 Å². The molecule has 0 spiro atoms. The number of aryl methyl sites for hydroxylation is 1. The molecule has 4 rings (SSSR count). The van der Waals surface area contributed by atoms with Gasteiger partial charge in [0.05, 0.1) is 5.69 Å². The standard InChI is InChI=1S/C20H21N5O/c1-24(2)15-8-6-13(7-9-15)16-11-17(26)22-20-18(16)19(23-25(20)3)14-5-4-10-21-12-14/h4-10,12,16H,11H2,1-3H3,(H,22,26)/t16-/m0/s1. The molecule has 3 aromatic rings. The largest absolute Gasteiger partial charge is 0.378 e. The molecule has 0 saturated carbocycles. The fourth-order valence-corrected chi connectivity index (χ4v) is 3.49. The number of rotatable bonds is 3. The SMILES string of the molecule is CN(C)c1ccc([C@@H]2CC(=O)Nc3c2c(-c2cccnc2)nn3C)cc1. The quantitative estimate of drug-likeness (QED) is 0.791. The molecule has 1 atom stereocenters. The Labute approximate surface area is 152 Å².